The Labute approximate surface area is 118 Å². The molecule has 2 rings (SSSR count). The van der Waals surface area contributed by atoms with Gasteiger partial charge in [-0.25, -0.2) is 0 Å². The van der Waals surface area contributed by atoms with Crippen LogP contribution in [0.3, 0.4) is 0 Å². The van der Waals surface area contributed by atoms with Gasteiger partial charge in [0.25, 0.3) is 0 Å². The molecule has 0 aromatic heterocycles. The summed E-state index contributed by atoms with van der Waals surface area (Å²) in [5.74, 6) is 1.79. The van der Waals surface area contributed by atoms with Crippen molar-refractivity contribution in [2.75, 3.05) is 6.54 Å². The van der Waals surface area contributed by atoms with Gasteiger partial charge in [-0.15, -0.1) is 0 Å². The fraction of sp³-hybridized carbons (Fsp3) is 0.667. The molecule has 106 valence electrons. The number of benzene rings is 1. The molecule has 1 fully saturated rings. The average Bonchev–Trinajstić information content (AvgIpc) is 2.80. The fourth-order valence-electron chi connectivity index (χ4n) is 3.47. The molecule has 0 amide bonds. The first-order chi connectivity index (χ1) is 9.10. The standard InChI is InChI=1S/C18H29N/c1-5-19-18(17-9-6-13(2)10-17)12-16-8-7-14(3)15(4)11-16/h7-8,11,13,17-19H,5-6,9-10,12H2,1-4H3. The highest BCUT2D eigenvalue weighted by atomic mass is 14.9. The van der Waals surface area contributed by atoms with Gasteiger partial charge in [-0.2, -0.15) is 0 Å². The number of hydrogen-bond acceptors (Lipinski definition) is 1. The third kappa shape index (κ3) is 3.82. The second-order valence-corrected chi connectivity index (χ2v) is 6.47. The molecule has 1 heteroatoms. The van der Waals surface area contributed by atoms with Gasteiger partial charge in [-0.3, -0.25) is 0 Å². The summed E-state index contributed by atoms with van der Waals surface area (Å²) in [7, 11) is 0. The van der Waals surface area contributed by atoms with Crippen molar-refractivity contribution >= 4 is 0 Å². The summed E-state index contributed by atoms with van der Waals surface area (Å²) in [6, 6.07) is 7.62. The number of nitrogens with one attached hydrogen (secondary N) is 1. The van der Waals surface area contributed by atoms with Crippen LogP contribution in [0.25, 0.3) is 0 Å². The van der Waals surface area contributed by atoms with Crippen molar-refractivity contribution in [3.63, 3.8) is 0 Å². The predicted molar refractivity (Wildman–Crippen MR) is 83.6 cm³/mol. The molecule has 1 aliphatic rings. The van der Waals surface area contributed by atoms with Crippen LogP contribution in [0.15, 0.2) is 18.2 Å². The molecule has 1 aromatic carbocycles. The molecule has 1 N–H and O–H groups in total. The topological polar surface area (TPSA) is 12.0 Å². The van der Waals surface area contributed by atoms with Crippen LogP contribution in [0.1, 0.15) is 49.8 Å². The fourth-order valence-corrected chi connectivity index (χ4v) is 3.47. The molecular formula is C18H29N. The second-order valence-electron chi connectivity index (χ2n) is 6.47. The van der Waals surface area contributed by atoms with E-state index in [4.69, 9.17) is 0 Å². The van der Waals surface area contributed by atoms with Crippen molar-refractivity contribution in [1.82, 2.24) is 5.32 Å². The number of aryl methyl sites for hydroxylation is 2. The molecule has 1 saturated carbocycles. The smallest absolute Gasteiger partial charge is 0.0136 e. The lowest BCUT2D eigenvalue weighted by molar-refractivity contribution is 0.354. The molecule has 0 bridgehead atoms. The van der Waals surface area contributed by atoms with Gasteiger partial charge in [-0.1, -0.05) is 38.5 Å². The van der Waals surface area contributed by atoms with E-state index in [9.17, 15) is 0 Å². The summed E-state index contributed by atoms with van der Waals surface area (Å²) < 4.78 is 0. The van der Waals surface area contributed by atoms with E-state index in [0.29, 0.717) is 6.04 Å². The number of hydrogen-bond donors (Lipinski definition) is 1. The molecule has 3 unspecified atom stereocenters. The van der Waals surface area contributed by atoms with Crippen molar-refractivity contribution in [3.05, 3.63) is 34.9 Å². The minimum absolute atomic E-state index is 0.664. The molecule has 0 radical (unpaired) electrons. The van der Waals surface area contributed by atoms with Crippen LogP contribution in [0.2, 0.25) is 0 Å². The molecule has 0 aliphatic heterocycles. The highest BCUT2D eigenvalue weighted by molar-refractivity contribution is 5.30. The molecule has 1 aliphatic carbocycles. The normalized spacial score (nSPS) is 24.6. The summed E-state index contributed by atoms with van der Waals surface area (Å²) in [5.41, 5.74) is 4.32. The second kappa shape index (κ2) is 6.56. The first-order valence-electron chi connectivity index (χ1n) is 7.89. The molecule has 19 heavy (non-hydrogen) atoms. The highest BCUT2D eigenvalue weighted by Gasteiger charge is 2.28. The van der Waals surface area contributed by atoms with E-state index in [1.807, 2.05) is 0 Å². The van der Waals surface area contributed by atoms with Crippen molar-refractivity contribution in [3.8, 4) is 0 Å². The zero-order valence-corrected chi connectivity index (χ0v) is 13.0. The lowest BCUT2D eigenvalue weighted by Crippen LogP contribution is -2.37. The van der Waals surface area contributed by atoms with Crippen molar-refractivity contribution in [2.45, 2.75) is 59.4 Å². The Morgan fingerprint density at radius 2 is 2.00 bits per heavy atom. The SMILES string of the molecule is CCNC(Cc1ccc(C)c(C)c1)C1CCC(C)C1. The monoisotopic (exact) mass is 259 g/mol. The number of rotatable bonds is 5. The van der Waals surface area contributed by atoms with E-state index >= 15 is 0 Å². The highest BCUT2D eigenvalue weighted by Crippen LogP contribution is 2.33. The summed E-state index contributed by atoms with van der Waals surface area (Å²) in [6.45, 7) is 10.1. The molecule has 3 atom stereocenters. The third-order valence-corrected chi connectivity index (χ3v) is 4.80. The zero-order chi connectivity index (χ0) is 13.8. The summed E-state index contributed by atoms with van der Waals surface area (Å²) in [6.07, 6.45) is 5.41. The van der Waals surface area contributed by atoms with E-state index < -0.39 is 0 Å². The Kier molecular flexibility index (Phi) is 5.04. The largest absolute Gasteiger partial charge is 0.314 e. The van der Waals surface area contributed by atoms with Crippen LogP contribution >= 0.6 is 0 Å². The van der Waals surface area contributed by atoms with Crippen LogP contribution in [0, 0.1) is 25.7 Å². The lowest BCUT2D eigenvalue weighted by atomic mass is 9.90. The van der Waals surface area contributed by atoms with E-state index in [0.717, 1.165) is 18.4 Å². The Morgan fingerprint density at radius 3 is 2.58 bits per heavy atom. The Morgan fingerprint density at radius 1 is 1.21 bits per heavy atom. The summed E-state index contributed by atoms with van der Waals surface area (Å²) in [4.78, 5) is 0. The number of likely N-dealkylation sites (N-methyl/N-ethyl adjacent to an activating group) is 1. The molecule has 0 saturated heterocycles. The molecule has 0 heterocycles. The third-order valence-electron chi connectivity index (χ3n) is 4.80. The maximum Gasteiger partial charge on any atom is 0.0136 e. The van der Waals surface area contributed by atoms with Gasteiger partial charge in [0, 0.05) is 6.04 Å². The van der Waals surface area contributed by atoms with Gasteiger partial charge in [0.15, 0.2) is 0 Å². The van der Waals surface area contributed by atoms with Gasteiger partial charge in [0.1, 0.15) is 0 Å². The van der Waals surface area contributed by atoms with Crippen LogP contribution in [0.4, 0.5) is 0 Å². The average molecular weight is 259 g/mol. The van der Waals surface area contributed by atoms with Crippen LogP contribution in [-0.2, 0) is 6.42 Å². The Hall–Kier alpha value is -0.820. The van der Waals surface area contributed by atoms with Crippen LogP contribution in [-0.4, -0.2) is 12.6 Å². The minimum Gasteiger partial charge on any atom is -0.314 e. The minimum atomic E-state index is 0.664. The maximum absolute atomic E-state index is 3.73. The van der Waals surface area contributed by atoms with Gasteiger partial charge < -0.3 is 5.32 Å². The Bertz CT molecular complexity index is 410. The van der Waals surface area contributed by atoms with Gasteiger partial charge in [-0.05, 0) is 68.2 Å². The Balaban J connectivity index is 2.05. The first-order valence-corrected chi connectivity index (χ1v) is 7.89. The van der Waals surface area contributed by atoms with Crippen molar-refractivity contribution in [1.29, 1.82) is 0 Å². The van der Waals surface area contributed by atoms with Crippen LogP contribution in [0.5, 0.6) is 0 Å². The van der Waals surface area contributed by atoms with Crippen molar-refractivity contribution < 1.29 is 0 Å². The maximum atomic E-state index is 3.73. The van der Waals surface area contributed by atoms with E-state index in [1.165, 1.54) is 42.4 Å². The van der Waals surface area contributed by atoms with E-state index in [2.05, 4.69) is 51.2 Å². The summed E-state index contributed by atoms with van der Waals surface area (Å²) in [5, 5.41) is 3.73. The molecular weight excluding hydrogens is 230 g/mol. The van der Waals surface area contributed by atoms with Gasteiger partial charge in [0.2, 0.25) is 0 Å². The van der Waals surface area contributed by atoms with Crippen LogP contribution < -0.4 is 5.32 Å². The predicted octanol–water partition coefficient (Wildman–Crippen LogP) is 4.26. The quantitative estimate of drug-likeness (QED) is 0.833. The zero-order valence-electron chi connectivity index (χ0n) is 13.0. The summed E-state index contributed by atoms with van der Waals surface area (Å²) >= 11 is 0. The van der Waals surface area contributed by atoms with Gasteiger partial charge in [0.05, 0.1) is 0 Å². The lowest BCUT2D eigenvalue weighted by Gasteiger charge is -2.25. The first kappa shape index (κ1) is 14.6. The van der Waals surface area contributed by atoms with Gasteiger partial charge >= 0.3 is 0 Å². The molecule has 1 aromatic rings. The van der Waals surface area contributed by atoms with Crippen molar-refractivity contribution in [2.24, 2.45) is 11.8 Å². The van der Waals surface area contributed by atoms with E-state index in [1.54, 1.807) is 0 Å². The molecule has 1 nitrogen and oxygen atoms in total. The molecule has 0 spiro atoms. The van der Waals surface area contributed by atoms with E-state index in [-0.39, 0.29) is 0 Å².